The normalized spacial score (nSPS) is 15.1. The molecule has 1 aliphatic heterocycles. The molecule has 0 saturated carbocycles. The van der Waals surface area contributed by atoms with Crippen molar-refractivity contribution in [2.75, 3.05) is 31.1 Å². The quantitative estimate of drug-likeness (QED) is 0.790. The third kappa shape index (κ3) is 4.15. The van der Waals surface area contributed by atoms with Gasteiger partial charge in [-0.25, -0.2) is 4.39 Å². The van der Waals surface area contributed by atoms with Crippen molar-refractivity contribution in [3.8, 4) is 0 Å². The lowest BCUT2D eigenvalue weighted by Crippen LogP contribution is -2.48. The minimum atomic E-state index is -0.237. The van der Waals surface area contributed by atoms with E-state index in [0.29, 0.717) is 18.1 Å². The smallest absolute Gasteiger partial charge is 0.246 e. The lowest BCUT2D eigenvalue weighted by atomic mass is 10.2. The van der Waals surface area contributed by atoms with Crippen LogP contribution in [-0.2, 0) is 4.79 Å². The van der Waals surface area contributed by atoms with Gasteiger partial charge in [0.1, 0.15) is 5.82 Å². The number of hydrogen-bond donors (Lipinski definition) is 0. The van der Waals surface area contributed by atoms with Crippen LogP contribution in [0.1, 0.15) is 5.56 Å². The Kier molecular flexibility index (Phi) is 5.16. The highest BCUT2D eigenvalue weighted by molar-refractivity contribution is 6.30. The van der Waals surface area contributed by atoms with E-state index in [1.807, 2.05) is 23.1 Å². The van der Waals surface area contributed by atoms with Crippen LogP contribution in [0.3, 0.4) is 0 Å². The molecule has 1 amide bonds. The third-order valence-corrected chi connectivity index (χ3v) is 4.29. The summed E-state index contributed by atoms with van der Waals surface area (Å²) < 4.78 is 13.0. The molecule has 0 aliphatic carbocycles. The highest BCUT2D eigenvalue weighted by Crippen LogP contribution is 2.17. The fourth-order valence-corrected chi connectivity index (χ4v) is 2.92. The van der Waals surface area contributed by atoms with Gasteiger partial charge in [-0.1, -0.05) is 23.7 Å². The molecule has 0 unspecified atom stereocenters. The zero-order chi connectivity index (χ0) is 16.9. The van der Waals surface area contributed by atoms with Crippen LogP contribution in [0.2, 0.25) is 5.02 Å². The number of carbonyl (C=O) groups excluding carboxylic acids is 1. The molecule has 24 heavy (non-hydrogen) atoms. The van der Waals surface area contributed by atoms with E-state index in [1.165, 1.54) is 12.1 Å². The predicted molar refractivity (Wildman–Crippen MR) is 95.7 cm³/mol. The number of amides is 1. The molecule has 124 valence electrons. The van der Waals surface area contributed by atoms with Crippen molar-refractivity contribution < 1.29 is 9.18 Å². The Morgan fingerprint density at radius 3 is 2.42 bits per heavy atom. The number of nitrogens with zero attached hydrogens (tertiary/aromatic N) is 2. The largest absolute Gasteiger partial charge is 0.368 e. The molecule has 1 heterocycles. The lowest BCUT2D eigenvalue weighted by Gasteiger charge is -2.35. The van der Waals surface area contributed by atoms with Crippen molar-refractivity contribution in [3.63, 3.8) is 0 Å². The van der Waals surface area contributed by atoms with Crippen molar-refractivity contribution in [1.82, 2.24) is 4.90 Å². The van der Waals surface area contributed by atoms with E-state index in [1.54, 1.807) is 30.4 Å². The maximum atomic E-state index is 13.0. The molecule has 2 aromatic carbocycles. The first-order valence-electron chi connectivity index (χ1n) is 7.85. The van der Waals surface area contributed by atoms with Gasteiger partial charge < -0.3 is 9.80 Å². The molecule has 5 heteroatoms. The fourth-order valence-electron chi connectivity index (χ4n) is 2.72. The van der Waals surface area contributed by atoms with Crippen LogP contribution in [-0.4, -0.2) is 37.0 Å². The number of anilines is 1. The molecule has 0 aromatic heterocycles. The summed E-state index contributed by atoms with van der Waals surface area (Å²) in [6.07, 6.45) is 3.36. The second kappa shape index (κ2) is 7.49. The molecule has 3 rings (SSSR count). The average molecular weight is 345 g/mol. The summed E-state index contributed by atoms with van der Waals surface area (Å²) in [6.45, 7) is 2.77. The first kappa shape index (κ1) is 16.5. The van der Waals surface area contributed by atoms with Crippen LogP contribution in [0.15, 0.2) is 54.6 Å². The summed E-state index contributed by atoms with van der Waals surface area (Å²) in [5.74, 6) is -0.243. The monoisotopic (exact) mass is 344 g/mol. The van der Waals surface area contributed by atoms with Crippen molar-refractivity contribution >= 4 is 29.3 Å². The van der Waals surface area contributed by atoms with Crippen molar-refractivity contribution in [2.45, 2.75) is 0 Å². The van der Waals surface area contributed by atoms with Crippen LogP contribution in [0.5, 0.6) is 0 Å². The Bertz CT molecular complexity index is 737. The third-order valence-electron chi connectivity index (χ3n) is 4.05. The van der Waals surface area contributed by atoms with E-state index in [4.69, 9.17) is 11.6 Å². The second-order valence-corrected chi connectivity index (χ2v) is 6.11. The van der Waals surface area contributed by atoms with E-state index >= 15 is 0 Å². The molecule has 1 aliphatic rings. The van der Waals surface area contributed by atoms with Gasteiger partial charge in [-0.3, -0.25) is 4.79 Å². The average Bonchev–Trinajstić information content (AvgIpc) is 2.61. The highest BCUT2D eigenvalue weighted by atomic mass is 35.5. The van der Waals surface area contributed by atoms with Gasteiger partial charge in [0.05, 0.1) is 0 Å². The SMILES string of the molecule is O=C(/C=C/c1cccc(Cl)c1)N1CCN(c2ccc(F)cc2)CC1. The Morgan fingerprint density at radius 1 is 1.04 bits per heavy atom. The van der Waals surface area contributed by atoms with Gasteiger partial charge in [-0.2, -0.15) is 0 Å². The number of piperazine rings is 1. The summed E-state index contributed by atoms with van der Waals surface area (Å²) in [4.78, 5) is 16.3. The molecule has 0 N–H and O–H groups in total. The molecule has 2 aromatic rings. The summed E-state index contributed by atoms with van der Waals surface area (Å²) >= 11 is 5.93. The van der Waals surface area contributed by atoms with Crippen LogP contribution in [0, 0.1) is 5.82 Å². The van der Waals surface area contributed by atoms with Crippen LogP contribution in [0.25, 0.3) is 6.08 Å². The van der Waals surface area contributed by atoms with Gasteiger partial charge in [0.15, 0.2) is 0 Å². The predicted octanol–water partition coefficient (Wildman–Crippen LogP) is 3.84. The molecular formula is C19H18ClFN2O. The molecule has 0 atom stereocenters. The van der Waals surface area contributed by atoms with Gasteiger partial charge >= 0.3 is 0 Å². The van der Waals surface area contributed by atoms with Crippen LogP contribution < -0.4 is 4.90 Å². The summed E-state index contributed by atoms with van der Waals surface area (Å²) in [6, 6.07) is 13.8. The standard InChI is InChI=1S/C19H18ClFN2O/c20-16-3-1-2-15(14-16)4-9-19(24)23-12-10-22(11-13-23)18-7-5-17(21)6-8-18/h1-9,14H,10-13H2/b9-4+. The number of halogens is 2. The maximum Gasteiger partial charge on any atom is 0.246 e. The van der Waals surface area contributed by atoms with Crippen molar-refractivity contribution in [2.24, 2.45) is 0 Å². The zero-order valence-corrected chi connectivity index (χ0v) is 13.9. The van der Waals surface area contributed by atoms with Gasteiger partial charge in [0, 0.05) is 43.0 Å². The van der Waals surface area contributed by atoms with E-state index in [-0.39, 0.29) is 11.7 Å². The first-order valence-corrected chi connectivity index (χ1v) is 8.23. The first-order chi connectivity index (χ1) is 11.6. The number of hydrogen-bond acceptors (Lipinski definition) is 2. The topological polar surface area (TPSA) is 23.6 Å². The van der Waals surface area contributed by atoms with Crippen molar-refractivity contribution in [3.05, 3.63) is 71.0 Å². The van der Waals surface area contributed by atoms with E-state index in [0.717, 1.165) is 24.3 Å². The summed E-state index contributed by atoms with van der Waals surface area (Å²) in [5.41, 5.74) is 1.89. The van der Waals surface area contributed by atoms with Crippen molar-refractivity contribution in [1.29, 1.82) is 0 Å². The number of rotatable bonds is 3. The fraction of sp³-hybridized carbons (Fsp3) is 0.211. The number of carbonyl (C=O) groups is 1. The maximum absolute atomic E-state index is 13.0. The van der Waals surface area contributed by atoms with Gasteiger partial charge in [0.25, 0.3) is 0 Å². The molecule has 0 radical (unpaired) electrons. The second-order valence-electron chi connectivity index (χ2n) is 5.68. The van der Waals surface area contributed by atoms with Crippen LogP contribution >= 0.6 is 11.6 Å². The van der Waals surface area contributed by atoms with Crippen LogP contribution in [0.4, 0.5) is 10.1 Å². The molecular weight excluding hydrogens is 327 g/mol. The Balaban J connectivity index is 1.56. The molecule has 1 saturated heterocycles. The molecule has 1 fully saturated rings. The molecule has 0 spiro atoms. The van der Waals surface area contributed by atoms with E-state index < -0.39 is 0 Å². The summed E-state index contributed by atoms with van der Waals surface area (Å²) in [5, 5.41) is 0.650. The van der Waals surface area contributed by atoms with Gasteiger partial charge in [0.2, 0.25) is 5.91 Å². The molecule has 3 nitrogen and oxygen atoms in total. The minimum absolute atomic E-state index is 0.00580. The molecule has 0 bridgehead atoms. The lowest BCUT2D eigenvalue weighted by molar-refractivity contribution is -0.126. The zero-order valence-electron chi connectivity index (χ0n) is 13.2. The van der Waals surface area contributed by atoms with E-state index in [2.05, 4.69) is 4.90 Å². The Hall–Kier alpha value is -2.33. The van der Waals surface area contributed by atoms with Gasteiger partial charge in [-0.15, -0.1) is 0 Å². The Morgan fingerprint density at radius 2 is 1.75 bits per heavy atom. The minimum Gasteiger partial charge on any atom is -0.368 e. The summed E-state index contributed by atoms with van der Waals surface area (Å²) in [7, 11) is 0. The highest BCUT2D eigenvalue weighted by Gasteiger charge is 2.19. The Labute approximate surface area is 145 Å². The number of benzene rings is 2. The van der Waals surface area contributed by atoms with Gasteiger partial charge in [-0.05, 0) is 48.0 Å². The van der Waals surface area contributed by atoms with E-state index in [9.17, 15) is 9.18 Å².